The number of ether oxygens (including phenoxy) is 2. The molecule has 2 aliphatic heterocycles. The maximum Gasteiger partial charge on any atom is 0.230 e. The molecule has 0 aromatic rings. The van der Waals surface area contributed by atoms with E-state index in [4.69, 9.17) is 15.2 Å². The molecular weight excluding hydrogens is 232 g/mol. The molecule has 5 heteroatoms. The molecule has 0 spiro atoms. The third-order valence-electron chi connectivity index (χ3n) is 4.45. The van der Waals surface area contributed by atoms with Crippen LogP contribution in [-0.2, 0) is 14.3 Å². The second kappa shape index (κ2) is 5.55. The van der Waals surface area contributed by atoms with Crippen LogP contribution >= 0.6 is 0 Å². The summed E-state index contributed by atoms with van der Waals surface area (Å²) in [5, 5.41) is 0. The van der Waals surface area contributed by atoms with Crippen molar-refractivity contribution in [1.29, 1.82) is 0 Å². The van der Waals surface area contributed by atoms with E-state index in [1.807, 2.05) is 18.9 Å². The van der Waals surface area contributed by atoms with Crippen LogP contribution in [0, 0.1) is 5.41 Å². The second-order valence-electron chi connectivity index (χ2n) is 5.44. The van der Waals surface area contributed by atoms with E-state index in [-0.39, 0.29) is 18.1 Å². The highest BCUT2D eigenvalue weighted by Gasteiger charge is 2.43. The number of hydrogen-bond acceptors (Lipinski definition) is 4. The molecule has 2 N–H and O–H groups in total. The fourth-order valence-corrected chi connectivity index (χ4v) is 3.02. The zero-order valence-electron chi connectivity index (χ0n) is 11.4. The van der Waals surface area contributed by atoms with Crippen LogP contribution in [-0.4, -0.2) is 56.4 Å². The molecule has 0 aromatic carbocycles. The van der Waals surface area contributed by atoms with Crippen LogP contribution in [0.2, 0.25) is 0 Å². The van der Waals surface area contributed by atoms with Crippen LogP contribution in [0.5, 0.6) is 0 Å². The lowest BCUT2D eigenvalue weighted by Crippen LogP contribution is -2.53. The van der Waals surface area contributed by atoms with E-state index in [9.17, 15) is 4.79 Å². The first kappa shape index (κ1) is 13.8. The van der Waals surface area contributed by atoms with Crippen LogP contribution in [0.15, 0.2) is 0 Å². The Morgan fingerprint density at radius 2 is 2.06 bits per heavy atom. The van der Waals surface area contributed by atoms with Crippen LogP contribution in [0.4, 0.5) is 0 Å². The third kappa shape index (κ3) is 2.39. The van der Waals surface area contributed by atoms with Crippen LogP contribution in [0.3, 0.4) is 0 Å². The average molecular weight is 256 g/mol. The zero-order chi connectivity index (χ0) is 13.2. The highest BCUT2D eigenvalue weighted by atomic mass is 16.5. The molecule has 0 radical (unpaired) electrons. The van der Waals surface area contributed by atoms with Gasteiger partial charge in [0.05, 0.1) is 17.6 Å². The van der Waals surface area contributed by atoms with Gasteiger partial charge in [-0.1, -0.05) is 0 Å². The van der Waals surface area contributed by atoms with Gasteiger partial charge in [-0.05, 0) is 26.2 Å². The number of amides is 1. The van der Waals surface area contributed by atoms with E-state index in [0.29, 0.717) is 19.8 Å². The predicted molar refractivity (Wildman–Crippen MR) is 68.1 cm³/mol. The largest absolute Gasteiger partial charge is 0.381 e. The lowest BCUT2D eigenvalue weighted by molar-refractivity contribution is -0.149. The van der Waals surface area contributed by atoms with Gasteiger partial charge in [0.15, 0.2) is 0 Å². The Kier molecular flexibility index (Phi) is 4.25. The topological polar surface area (TPSA) is 64.8 Å². The van der Waals surface area contributed by atoms with E-state index in [0.717, 1.165) is 25.9 Å². The summed E-state index contributed by atoms with van der Waals surface area (Å²) in [6, 6.07) is 0.184. The Balaban J connectivity index is 2.08. The fraction of sp³-hybridized carbons (Fsp3) is 0.923. The molecule has 2 unspecified atom stereocenters. The van der Waals surface area contributed by atoms with E-state index in [1.54, 1.807) is 0 Å². The van der Waals surface area contributed by atoms with Crippen LogP contribution in [0.1, 0.15) is 26.2 Å². The van der Waals surface area contributed by atoms with Gasteiger partial charge in [-0.3, -0.25) is 4.79 Å². The molecule has 2 saturated heterocycles. The molecule has 2 heterocycles. The molecule has 0 aliphatic carbocycles. The maximum absolute atomic E-state index is 12.7. The van der Waals surface area contributed by atoms with Gasteiger partial charge in [0.1, 0.15) is 0 Å². The van der Waals surface area contributed by atoms with Crippen LogP contribution in [0.25, 0.3) is 0 Å². The summed E-state index contributed by atoms with van der Waals surface area (Å²) < 4.78 is 10.9. The Labute approximate surface area is 109 Å². The summed E-state index contributed by atoms with van der Waals surface area (Å²) in [6.45, 7) is 4.44. The van der Waals surface area contributed by atoms with Crippen molar-refractivity contribution in [1.82, 2.24) is 4.90 Å². The quantitative estimate of drug-likeness (QED) is 0.793. The number of likely N-dealkylation sites (N-methyl/N-ethyl adjacent to an activating group) is 1. The average Bonchev–Trinajstić information content (AvgIpc) is 2.84. The summed E-state index contributed by atoms with van der Waals surface area (Å²) >= 11 is 0. The van der Waals surface area contributed by atoms with Gasteiger partial charge in [-0.25, -0.2) is 0 Å². The molecule has 0 aromatic heterocycles. The van der Waals surface area contributed by atoms with Crippen molar-refractivity contribution in [2.24, 2.45) is 11.1 Å². The number of hydrogen-bond donors (Lipinski definition) is 1. The number of rotatable bonds is 3. The minimum absolute atomic E-state index is 0.119. The first-order chi connectivity index (χ1) is 8.60. The van der Waals surface area contributed by atoms with Crippen molar-refractivity contribution >= 4 is 5.91 Å². The van der Waals surface area contributed by atoms with Crippen molar-refractivity contribution in [3.63, 3.8) is 0 Å². The van der Waals surface area contributed by atoms with Gasteiger partial charge in [-0.15, -0.1) is 0 Å². The Hall–Kier alpha value is -0.650. The summed E-state index contributed by atoms with van der Waals surface area (Å²) in [6.07, 6.45) is 2.50. The molecule has 0 saturated carbocycles. The van der Waals surface area contributed by atoms with E-state index in [2.05, 4.69) is 0 Å². The van der Waals surface area contributed by atoms with Gasteiger partial charge >= 0.3 is 0 Å². The second-order valence-corrected chi connectivity index (χ2v) is 5.44. The lowest BCUT2D eigenvalue weighted by Gasteiger charge is -2.40. The van der Waals surface area contributed by atoms with Crippen molar-refractivity contribution < 1.29 is 14.3 Å². The van der Waals surface area contributed by atoms with E-state index in [1.165, 1.54) is 0 Å². The van der Waals surface area contributed by atoms with Crippen molar-refractivity contribution in [3.05, 3.63) is 0 Å². The number of carbonyl (C=O) groups is 1. The van der Waals surface area contributed by atoms with Gasteiger partial charge < -0.3 is 20.1 Å². The van der Waals surface area contributed by atoms with E-state index < -0.39 is 5.41 Å². The molecular formula is C13H24N2O3. The zero-order valence-corrected chi connectivity index (χ0v) is 11.4. The highest BCUT2D eigenvalue weighted by Crippen LogP contribution is 2.33. The molecule has 18 heavy (non-hydrogen) atoms. The highest BCUT2D eigenvalue weighted by molar-refractivity contribution is 5.83. The van der Waals surface area contributed by atoms with Gasteiger partial charge in [0.25, 0.3) is 0 Å². The van der Waals surface area contributed by atoms with Gasteiger partial charge in [0, 0.05) is 33.4 Å². The SMILES string of the molecule is CC1OCCC1N(C)C(=O)C1(CN)CCOCC1. The number of nitrogens with zero attached hydrogens (tertiary/aromatic N) is 1. The normalized spacial score (nSPS) is 31.3. The Morgan fingerprint density at radius 3 is 2.56 bits per heavy atom. The lowest BCUT2D eigenvalue weighted by atomic mass is 9.78. The standard InChI is InChI=1S/C13H24N2O3/c1-10-11(3-6-18-10)15(2)12(16)13(9-14)4-7-17-8-5-13/h10-11H,3-9,14H2,1-2H3. The predicted octanol–water partition coefficient (Wildman–Crippen LogP) is 0.378. The first-order valence-electron chi connectivity index (χ1n) is 6.77. The molecule has 2 aliphatic rings. The molecule has 2 fully saturated rings. The molecule has 5 nitrogen and oxygen atoms in total. The van der Waals surface area contributed by atoms with Crippen molar-refractivity contribution in [2.45, 2.75) is 38.3 Å². The summed E-state index contributed by atoms with van der Waals surface area (Å²) in [5.41, 5.74) is 5.45. The van der Waals surface area contributed by atoms with Crippen LogP contribution < -0.4 is 5.73 Å². The molecule has 2 rings (SSSR count). The summed E-state index contributed by atoms with van der Waals surface area (Å²) in [5.74, 6) is 0.163. The Morgan fingerprint density at radius 1 is 1.39 bits per heavy atom. The summed E-state index contributed by atoms with van der Waals surface area (Å²) in [4.78, 5) is 14.6. The fourth-order valence-electron chi connectivity index (χ4n) is 3.02. The minimum Gasteiger partial charge on any atom is -0.381 e. The van der Waals surface area contributed by atoms with E-state index >= 15 is 0 Å². The molecule has 0 bridgehead atoms. The molecule has 2 atom stereocenters. The van der Waals surface area contributed by atoms with Gasteiger partial charge in [0.2, 0.25) is 5.91 Å². The maximum atomic E-state index is 12.7. The van der Waals surface area contributed by atoms with Crippen molar-refractivity contribution in [3.8, 4) is 0 Å². The Bertz CT molecular complexity index is 303. The van der Waals surface area contributed by atoms with Gasteiger partial charge in [-0.2, -0.15) is 0 Å². The minimum atomic E-state index is -0.421. The van der Waals surface area contributed by atoms with Crippen molar-refractivity contribution in [2.75, 3.05) is 33.4 Å². The molecule has 1 amide bonds. The third-order valence-corrected chi connectivity index (χ3v) is 4.45. The smallest absolute Gasteiger partial charge is 0.230 e. The number of carbonyl (C=O) groups excluding carboxylic acids is 1. The summed E-state index contributed by atoms with van der Waals surface area (Å²) in [7, 11) is 1.88. The monoisotopic (exact) mass is 256 g/mol. The molecule has 104 valence electrons. The first-order valence-corrected chi connectivity index (χ1v) is 6.77. The number of nitrogens with two attached hydrogens (primary N) is 1.